The highest BCUT2D eigenvalue weighted by atomic mass is 32.2. The molecule has 8 heteroatoms. The summed E-state index contributed by atoms with van der Waals surface area (Å²) < 4.78 is 2.01. The topological polar surface area (TPSA) is 83.6 Å². The Hall–Kier alpha value is -2.63. The van der Waals surface area contributed by atoms with Gasteiger partial charge in [0.2, 0.25) is 5.91 Å². The minimum Gasteiger partial charge on any atom is -0.317 e. The van der Waals surface area contributed by atoms with E-state index in [-0.39, 0.29) is 5.91 Å². The number of anilines is 1. The number of nitriles is 1. The number of amides is 1. The highest BCUT2D eigenvalue weighted by Crippen LogP contribution is 2.37. The average Bonchev–Trinajstić information content (AvgIpc) is 3.27. The molecule has 4 rings (SSSR count). The van der Waals surface area contributed by atoms with E-state index >= 15 is 0 Å². The summed E-state index contributed by atoms with van der Waals surface area (Å²) in [6.45, 7) is 3.98. The van der Waals surface area contributed by atoms with Crippen LogP contribution < -0.4 is 5.32 Å². The molecule has 0 saturated heterocycles. The van der Waals surface area contributed by atoms with Crippen LogP contribution >= 0.6 is 23.1 Å². The first-order chi connectivity index (χ1) is 14.6. The highest BCUT2D eigenvalue weighted by molar-refractivity contribution is 7.99. The molecule has 30 heavy (non-hydrogen) atoms. The van der Waals surface area contributed by atoms with E-state index in [0.717, 1.165) is 47.9 Å². The quantitative estimate of drug-likeness (QED) is 0.559. The number of thiophene rings is 1. The molecule has 1 aliphatic rings. The van der Waals surface area contributed by atoms with Crippen LogP contribution in [-0.4, -0.2) is 26.4 Å². The summed E-state index contributed by atoms with van der Waals surface area (Å²) in [4.78, 5) is 13.8. The molecule has 1 N–H and O–H groups in total. The van der Waals surface area contributed by atoms with E-state index in [2.05, 4.69) is 40.6 Å². The minimum atomic E-state index is -0.0732. The Morgan fingerprint density at radius 3 is 2.93 bits per heavy atom. The molecule has 2 aromatic heterocycles. The lowest BCUT2D eigenvalue weighted by molar-refractivity contribution is -0.115. The molecule has 0 radical (unpaired) electrons. The lowest BCUT2D eigenvalue weighted by atomic mass is 9.96. The fourth-order valence-electron chi connectivity index (χ4n) is 3.70. The first-order valence-electron chi connectivity index (χ1n) is 10.0. The van der Waals surface area contributed by atoms with Gasteiger partial charge in [-0.05, 0) is 62.8 Å². The maximum atomic E-state index is 12.5. The summed E-state index contributed by atoms with van der Waals surface area (Å²) in [7, 11) is 0. The van der Waals surface area contributed by atoms with Crippen LogP contribution in [0.1, 0.15) is 46.7 Å². The number of hydrogen-bond donors (Lipinski definition) is 1. The van der Waals surface area contributed by atoms with Crippen molar-refractivity contribution in [3.8, 4) is 11.8 Å². The van der Waals surface area contributed by atoms with E-state index in [1.807, 2.05) is 23.6 Å². The van der Waals surface area contributed by atoms with E-state index in [1.165, 1.54) is 22.2 Å². The van der Waals surface area contributed by atoms with E-state index in [9.17, 15) is 10.1 Å². The Morgan fingerprint density at radius 1 is 1.30 bits per heavy atom. The lowest BCUT2D eigenvalue weighted by Gasteiger charge is -2.09. The zero-order chi connectivity index (χ0) is 21.1. The van der Waals surface area contributed by atoms with Gasteiger partial charge in [-0.25, -0.2) is 0 Å². The summed E-state index contributed by atoms with van der Waals surface area (Å²) in [5, 5.41) is 22.5. The average molecular weight is 438 g/mol. The summed E-state index contributed by atoms with van der Waals surface area (Å²) in [6.07, 6.45) is 4.56. The molecule has 2 heterocycles. The second-order valence-corrected chi connectivity index (χ2v) is 9.54. The second kappa shape index (κ2) is 9.02. The minimum absolute atomic E-state index is 0.0732. The van der Waals surface area contributed by atoms with Crippen molar-refractivity contribution >= 4 is 34.0 Å². The summed E-state index contributed by atoms with van der Waals surface area (Å²) in [6, 6.07) is 10.5. The number of aryl methyl sites for hydroxylation is 3. The predicted molar refractivity (Wildman–Crippen MR) is 120 cm³/mol. The van der Waals surface area contributed by atoms with Gasteiger partial charge in [-0.15, -0.1) is 21.5 Å². The monoisotopic (exact) mass is 437 g/mol. The van der Waals surface area contributed by atoms with Gasteiger partial charge in [0.1, 0.15) is 16.9 Å². The van der Waals surface area contributed by atoms with E-state index < -0.39 is 0 Å². The summed E-state index contributed by atoms with van der Waals surface area (Å²) in [5.74, 6) is 1.33. The Labute approximate surface area is 184 Å². The van der Waals surface area contributed by atoms with E-state index in [4.69, 9.17) is 0 Å². The number of rotatable bonds is 6. The van der Waals surface area contributed by atoms with Crippen molar-refractivity contribution in [2.45, 2.75) is 51.1 Å². The zero-order valence-electron chi connectivity index (χ0n) is 17.1. The third kappa shape index (κ3) is 4.27. The van der Waals surface area contributed by atoms with Gasteiger partial charge < -0.3 is 5.32 Å². The SMILES string of the molecule is Cc1cccc(-n2c(C)nnc2SCCC(=O)Nc2sc3c(c2C#N)CCCC3)c1. The second-order valence-electron chi connectivity index (χ2n) is 7.38. The molecule has 154 valence electrons. The molecule has 0 atom stereocenters. The van der Waals surface area contributed by atoms with Crippen molar-refractivity contribution < 1.29 is 4.79 Å². The highest BCUT2D eigenvalue weighted by Gasteiger charge is 2.22. The Balaban J connectivity index is 1.40. The molecule has 0 aliphatic heterocycles. The number of carbonyl (C=O) groups is 1. The number of nitrogens with zero attached hydrogens (tertiary/aromatic N) is 4. The summed E-state index contributed by atoms with van der Waals surface area (Å²) in [5.41, 5.74) is 3.99. The van der Waals surface area contributed by atoms with Gasteiger partial charge in [0.25, 0.3) is 0 Å². The molecule has 0 saturated carbocycles. The standard InChI is InChI=1S/C22H23N5OS2/c1-14-6-5-7-16(12-14)27-15(2)25-26-22(27)29-11-10-20(28)24-21-18(13-23)17-8-3-4-9-19(17)30-21/h5-7,12H,3-4,8-11H2,1-2H3,(H,24,28). The zero-order valence-corrected chi connectivity index (χ0v) is 18.7. The molecule has 0 spiro atoms. The van der Waals surface area contributed by atoms with Crippen molar-refractivity contribution in [1.82, 2.24) is 14.8 Å². The number of hydrogen-bond acceptors (Lipinski definition) is 6. The van der Waals surface area contributed by atoms with Crippen LogP contribution in [0.15, 0.2) is 29.4 Å². The molecular weight excluding hydrogens is 414 g/mol. The largest absolute Gasteiger partial charge is 0.317 e. The summed E-state index contributed by atoms with van der Waals surface area (Å²) >= 11 is 3.07. The maximum Gasteiger partial charge on any atom is 0.225 e. The normalized spacial score (nSPS) is 13.0. The third-order valence-corrected chi connectivity index (χ3v) is 7.29. The van der Waals surface area contributed by atoms with Crippen molar-refractivity contribution in [2.75, 3.05) is 11.1 Å². The van der Waals surface area contributed by atoms with Crippen molar-refractivity contribution in [2.24, 2.45) is 0 Å². The molecule has 1 aliphatic carbocycles. The van der Waals surface area contributed by atoms with Crippen LogP contribution in [0.5, 0.6) is 0 Å². The molecule has 6 nitrogen and oxygen atoms in total. The molecule has 0 fully saturated rings. The molecule has 3 aromatic rings. The van der Waals surface area contributed by atoms with E-state index in [1.54, 1.807) is 11.3 Å². The van der Waals surface area contributed by atoms with Gasteiger partial charge in [-0.2, -0.15) is 5.26 Å². The van der Waals surface area contributed by atoms with Gasteiger partial charge >= 0.3 is 0 Å². The number of fused-ring (bicyclic) bond motifs is 1. The maximum absolute atomic E-state index is 12.5. The van der Waals surface area contributed by atoms with E-state index in [0.29, 0.717) is 22.7 Å². The van der Waals surface area contributed by atoms with Crippen LogP contribution in [0.25, 0.3) is 5.69 Å². The van der Waals surface area contributed by atoms with Crippen LogP contribution in [0.4, 0.5) is 5.00 Å². The fraction of sp³-hybridized carbons (Fsp3) is 0.364. The molecule has 1 aromatic carbocycles. The first kappa shape index (κ1) is 20.6. The number of thioether (sulfide) groups is 1. The van der Waals surface area contributed by atoms with Gasteiger partial charge in [0, 0.05) is 22.7 Å². The van der Waals surface area contributed by atoms with Crippen molar-refractivity contribution in [3.05, 3.63) is 51.7 Å². The number of nitrogens with one attached hydrogen (secondary N) is 1. The van der Waals surface area contributed by atoms with Gasteiger partial charge in [-0.3, -0.25) is 9.36 Å². The Kier molecular flexibility index (Phi) is 6.21. The third-order valence-electron chi connectivity index (χ3n) is 5.15. The van der Waals surface area contributed by atoms with Crippen LogP contribution in [-0.2, 0) is 17.6 Å². The van der Waals surface area contributed by atoms with Crippen LogP contribution in [0.2, 0.25) is 0 Å². The molecule has 1 amide bonds. The number of benzene rings is 1. The fourth-order valence-corrected chi connectivity index (χ4v) is 5.89. The first-order valence-corrected chi connectivity index (χ1v) is 11.8. The van der Waals surface area contributed by atoms with Crippen molar-refractivity contribution in [3.63, 3.8) is 0 Å². The smallest absolute Gasteiger partial charge is 0.225 e. The number of carbonyl (C=O) groups excluding carboxylic acids is 1. The molecule has 0 bridgehead atoms. The Morgan fingerprint density at radius 2 is 2.13 bits per heavy atom. The van der Waals surface area contributed by atoms with Crippen LogP contribution in [0.3, 0.4) is 0 Å². The van der Waals surface area contributed by atoms with Gasteiger partial charge in [0.15, 0.2) is 5.16 Å². The lowest BCUT2D eigenvalue weighted by Crippen LogP contribution is -2.12. The predicted octanol–water partition coefficient (Wildman–Crippen LogP) is 4.82. The van der Waals surface area contributed by atoms with Crippen molar-refractivity contribution in [1.29, 1.82) is 5.26 Å². The Bertz CT molecular complexity index is 1130. The molecule has 0 unspecified atom stereocenters. The van der Waals surface area contributed by atoms with Crippen LogP contribution in [0, 0.1) is 25.2 Å². The number of aromatic nitrogens is 3. The van der Waals surface area contributed by atoms with Gasteiger partial charge in [0.05, 0.1) is 5.56 Å². The molecular formula is C22H23N5OS2. The van der Waals surface area contributed by atoms with Gasteiger partial charge in [-0.1, -0.05) is 23.9 Å².